The molecule has 4 nitrogen and oxygen atoms in total. The highest BCUT2D eigenvalue weighted by molar-refractivity contribution is 9.10. The van der Waals surface area contributed by atoms with E-state index in [1.165, 1.54) is 5.56 Å². The van der Waals surface area contributed by atoms with Crippen LogP contribution in [0.25, 0.3) is 0 Å². The summed E-state index contributed by atoms with van der Waals surface area (Å²) >= 11 is 3.54. The van der Waals surface area contributed by atoms with Crippen LogP contribution < -0.4 is 0 Å². The molecule has 0 bridgehead atoms. The maximum Gasteiger partial charge on any atom is 0.122 e. The summed E-state index contributed by atoms with van der Waals surface area (Å²) in [4.78, 5) is 9.42. The number of aryl methyl sites for hydroxylation is 1. The van der Waals surface area contributed by atoms with Crippen molar-refractivity contribution >= 4 is 15.9 Å². The Bertz CT molecular complexity index is 587. The topological polar surface area (TPSA) is 24.3 Å². The third-order valence-corrected chi connectivity index (χ3v) is 4.54. The molecule has 0 N–H and O–H groups in total. The molecule has 0 atom stereocenters. The number of imidazole rings is 1. The quantitative estimate of drug-likeness (QED) is 0.848. The third kappa shape index (κ3) is 3.93. The molecule has 0 saturated carbocycles. The van der Waals surface area contributed by atoms with E-state index in [9.17, 15) is 0 Å². The molecule has 1 fully saturated rings. The molecule has 1 aromatic carbocycles. The maximum atomic E-state index is 4.41. The van der Waals surface area contributed by atoms with Crippen LogP contribution in [0.1, 0.15) is 11.4 Å². The molecule has 0 radical (unpaired) electrons. The van der Waals surface area contributed by atoms with Crippen LogP contribution in [0.5, 0.6) is 0 Å². The van der Waals surface area contributed by atoms with Crippen molar-refractivity contribution in [2.24, 2.45) is 7.05 Å². The molecule has 3 rings (SSSR count). The Morgan fingerprint density at radius 3 is 2.43 bits per heavy atom. The van der Waals surface area contributed by atoms with Gasteiger partial charge in [-0.15, -0.1) is 0 Å². The van der Waals surface area contributed by atoms with E-state index in [0.717, 1.165) is 49.6 Å². The van der Waals surface area contributed by atoms with Gasteiger partial charge in [-0.25, -0.2) is 4.98 Å². The van der Waals surface area contributed by atoms with Gasteiger partial charge in [0.15, 0.2) is 0 Å². The molecule has 5 heteroatoms. The van der Waals surface area contributed by atoms with Crippen LogP contribution in [0.3, 0.4) is 0 Å². The number of halogens is 1. The van der Waals surface area contributed by atoms with Crippen molar-refractivity contribution in [1.29, 1.82) is 0 Å². The molecule has 0 spiro atoms. The first-order valence-electron chi connectivity index (χ1n) is 7.36. The van der Waals surface area contributed by atoms with Crippen molar-refractivity contribution in [1.82, 2.24) is 19.4 Å². The van der Waals surface area contributed by atoms with E-state index in [4.69, 9.17) is 0 Å². The van der Waals surface area contributed by atoms with Gasteiger partial charge in [0.25, 0.3) is 0 Å². The summed E-state index contributed by atoms with van der Waals surface area (Å²) in [5.74, 6) is 1.15. The fourth-order valence-electron chi connectivity index (χ4n) is 2.75. The highest BCUT2D eigenvalue weighted by Crippen LogP contribution is 2.15. The molecule has 1 aliphatic rings. The second-order valence-electron chi connectivity index (χ2n) is 5.64. The zero-order valence-electron chi connectivity index (χ0n) is 12.4. The molecule has 2 heterocycles. The Labute approximate surface area is 134 Å². The van der Waals surface area contributed by atoms with Gasteiger partial charge in [-0.05, 0) is 17.7 Å². The van der Waals surface area contributed by atoms with Crippen molar-refractivity contribution in [3.8, 4) is 0 Å². The summed E-state index contributed by atoms with van der Waals surface area (Å²) in [5.41, 5.74) is 1.38. The van der Waals surface area contributed by atoms with Gasteiger partial charge in [0, 0.05) is 56.6 Å². The van der Waals surface area contributed by atoms with Crippen molar-refractivity contribution in [3.63, 3.8) is 0 Å². The lowest BCUT2D eigenvalue weighted by molar-refractivity contribution is 0.119. The molecule has 1 aliphatic heterocycles. The summed E-state index contributed by atoms with van der Waals surface area (Å²) in [6.45, 7) is 6.46. The lowest BCUT2D eigenvalue weighted by atomic mass is 10.2. The number of piperazine rings is 1. The maximum absolute atomic E-state index is 4.41. The lowest BCUT2D eigenvalue weighted by Gasteiger charge is -2.34. The van der Waals surface area contributed by atoms with Crippen LogP contribution in [-0.2, 0) is 20.1 Å². The Morgan fingerprint density at radius 1 is 1.10 bits per heavy atom. The second kappa shape index (κ2) is 6.73. The van der Waals surface area contributed by atoms with Crippen LogP contribution in [0, 0.1) is 0 Å². The zero-order chi connectivity index (χ0) is 14.7. The smallest absolute Gasteiger partial charge is 0.122 e. The number of rotatable bonds is 4. The van der Waals surface area contributed by atoms with Gasteiger partial charge in [-0.2, -0.15) is 0 Å². The zero-order valence-corrected chi connectivity index (χ0v) is 14.0. The van der Waals surface area contributed by atoms with Gasteiger partial charge in [0.1, 0.15) is 5.82 Å². The van der Waals surface area contributed by atoms with Crippen molar-refractivity contribution in [2.75, 3.05) is 26.2 Å². The van der Waals surface area contributed by atoms with Gasteiger partial charge in [0.2, 0.25) is 0 Å². The van der Waals surface area contributed by atoms with E-state index in [0.29, 0.717) is 0 Å². The summed E-state index contributed by atoms with van der Waals surface area (Å²) in [5, 5.41) is 0. The predicted octanol–water partition coefficient (Wildman–Crippen LogP) is 2.50. The molecule has 21 heavy (non-hydrogen) atoms. The first-order chi connectivity index (χ1) is 10.2. The van der Waals surface area contributed by atoms with E-state index >= 15 is 0 Å². The molecule has 0 aliphatic carbocycles. The molecule has 2 aromatic rings. The van der Waals surface area contributed by atoms with Crippen LogP contribution in [0.2, 0.25) is 0 Å². The lowest BCUT2D eigenvalue weighted by Crippen LogP contribution is -2.45. The molecular weight excluding hydrogens is 328 g/mol. The first-order valence-corrected chi connectivity index (χ1v) is 8.15. The number of nitrogens with zero attached hydrogens (tertiary/aromatic N) is 4. The van der Waals surface area contributed by atoms with E-state index in [2.05, 4.69) is 66.6 Å². The number of aromatic nitrogens is 2. The minimum absolute atomic E-state index is 0.953. The molecule has 112 valence electrons. The van der Waals surface area contributed by atoms with Gasteiger partial charge in [-0.3, -0.25) is 9.80 Å². The highest BCUT2D eigenvalue weighted by Gasteiger charge is 2.18. The SMILES string of the molecule is Cn1ccnc1CN1CCN(Cc2cccc(Br)c2)CC1. The highest BCUT2D eigenvalue weighted by atomic mass is 79.9. The largest absolute Gasteiger partial charge is 0.337 e. The van der Waals surface area contributed by atoms with Gasteiger partial charge in [0.05, 0.1) is 6.54 Å². The summed E-state index contributed by atoms with van der Waals surface area (Å²) < 4.78 is 3.27. The summed E-state index contributed by atoms with van der Waals surface area (Å²) in [6.07, 6.45) is 3.89. The van der Waals surface area contributed by atoms with Gasteiger partial charge in [-0.1, -0.05) is 28.1 Å². The molecular formula is C16H21BrN4. The standard InChI is InChI=1S/C16H21BrN4/c1-19-6-5-18-16(19)13-21-9-7-20(8-10-21)12-14-3-2-4-15(17)11-14/h2-6,11H,7-10,12-13H2,1H3. The van der Waals surface area contributed by atoms with Crippen LogP contribution in [0.4, 0.5) is 0 Å². The van der Waals surface area contributed by atoms with Crippen molar-refractivity contribution in [3.05, 3.63) is 52.5 Å². The fourth-order valence-corrected chi connectivity index (χ4v) is 3.19. The third-order valence-electron chi connectivity index (χ3n) is 4.05. The Hall–Kier alpha value is -1.17. The molecule has 1 saturated heterocycles. The summed E-state index contributed by atoms with van der Waals surface area (Å²) in [7, 11) is 2.06. The average Bonchev–Trinajstić information content (AvgIpc) is 2.87. The summed E-state index contributed by atoms with van der Waals surface area (Å²) in [6, 6.07) is 8.59. The minimum Gasteiger partial charge on any atom is -0.337 e. The molecule has 1 aromatic heterocycles. The van der Waals surface area contributed by atoms with Crippen LogP contribution in [-0.4, -0.2) is 45.5 Å². The van der Waals surface area contributed by atoms with Crippen LogP contribution in [0.15, 0.2) is 41.1 Å². The van der Waals surface area contributed by atoms with E-state index in [1.54, 1.807) is 0 Å². The second-order valence-corrected chi connectivity index (χ2v) is 6.55. The van der Waals surface area contributed by atoms with E-state index in [-0.39, 0.29) is 0 Å². The molecule has 0 amide bonds. The van der Waals surface area contributed by atoms with Crippen molar-refractivity contribution in [2.45, 2.75) is 13.1 Å². The normalized spacial score (nSPS) is 17.2. The number of benzene rings is 1. The van der Waals surface area contributed by atoms with Gasteiger partial charge < -0.3 is 4.57 Å². The number of hydrogen-bond acceptors (Lipinski definition) is 3. The Kier molecular flexibility index (Phi) is 4.73. The monoisotopic (exact) mass is 348 g/mol. The minimum atomic E-state index is 0.953. The average molecular weight is 349 g/mol. The first kappa shape index (κ1) is 14.8. The fraction of sp³-hybridized carbons (Fsp3) is 0.438. The van der Waals surface area contributed by atoms with Gasteiger partial charge >= 0.3 is 0 Å². The molecule has 0 unspecified atom stereocenters. The van der Waals surface area contributed by atoms with E-state index in [1.807, 2.05) is 12.4 Å². The van der Waals surface area contributed by atoms with E-state index < -0.39 is 0 Å². The van der Waals surface area contributed by atoms with Crippen LogP contribution >= 0.6 is 15.9 Å². The van der Waals surface area contributed by atoms with Crippen molar-refractivity contribution < 1.29 is 0 Å². The Morgan fingerprint density at radius 2 is 1.81 bits per heavy atom. The Balaban J connectivity index is 1.50. The predicted molar refractivity (Wildman–Crippen MR) is 87.9 cm³/mol. The number of hydrogen-bond donors (Lipinski definition) is 0.